The Hall–Kier alpha value is -1.47. The highest BCUT2D eigenvalue weighted by Gasteiger charge is 2.24. The molecule has 0 bridgehead atoms. The lowest BCUT2D eigenvalue weighted by molar-refractivity contribution is -0.135. The molecule has 0 saturated carbocycles. The Morgan fingerprint density at radius 2 is 2.00 bits per heavy atom. The van der Waals surface area contributed by atoms with Gasteiger partial charge in [-0.2, -0.15) is 4.98 Å². The van der Waals surface area contributed by atoms with Gasteiger partial charge in [0.15, 0.2) is 5.82 Å². The fourth-order valence-corrected chi connectivity index (χ4v) is 2.40. The van der Waals surface area contributed by atoms with Gasteiger partial charge in [-0.1, -0.05) is 25.9 Å². The molecule has 1 atom stereocenters. The van der Waals surface area contributed by atoms with Crippen LogP contribution in [0.2, 0.25) is 0 Å². The van der Waals surface area contributed by atoms with Gasteiger partial charge in [0.1, 0.15) is 0 Å². The van der Waals surface area contributed by atoms with Crippen molar-refractivity contribution in [3.63, 3.8) is 0 Å². The monoisotopic (exact) mass is 310 g/mol. The van der Waals surface area contributed by atoms with E-state index in [-0.39, 0.29) is 18.2 Å². The molecule has 0 aromatic carbocycles. The van der Waals surface area contributed by atoms with Crippen molar-refractivity contribution in [2.24, 2.45) is 5.92 Å². The van der Waals surface area contributed by atoms with Crippen molar-refractivity contribution < 1.29 is 14.4 Å². The summed E-state index contributed by atoms with van der Waals surface area (Å²) in [7, 11) is 0. The first-order chi connectivity index (χ1) is 10.5. The van der Waals surface area contributed by atoms with Crippen LogP contribution >= 0.6 is 0 Å². The smallest absolute Gasteiger partial charge is 0.226 e. The van der Waals surface area contributed by atoms with E-state index in [4.69, 9.17) is 4.52 Å². The van der Waals surface area contributed by atoms with Crippen LogP contribution in [-0.4, -0.2) is 63.2 Å². The highest BCUT2D eigenvalue weighted by Crippen LogP contribution is 2.11. The number of amides is 1. The quantitative estimate of drug-likeness (QED) is 0.832. The molecule has 7 heteroatoms. The highest BCUT2D eigenvalue weighted by atomic mass is 16.5. The molecule has 1 aromatic heterocycles. The molecule has 2 rings (SSSR count). The summed E-state index contributed by atoms with van der Waals surface area (Å²) in [5.41, 5.74) is 0. The first-order valence-electron chi connectivity index (χ1n) is 7.99. The van der Waals surface area contributed by atoms with Gasteiger partial charge in [0.25, 0.3) is 0 Å². The van der Waals surface area contributed by atoms with Crippen molar-refractivity contribution in [3.05, 3.63) is 11.7 Å². The van der Waals surface area contributed by atoms with Gasteiger partial charge in [-0.15, -0.1) is 0 Å². The number of aliphatic hydroxyl groups is 1. The van der Waals surface area contributed by atoms with E-state index in [0.29, 0.717) is 31.3 Å². The lowest BCUT2D eigenvalue weighted by atomic mass is 10.0. The molecule has 2 heterocycles. The van der Waals surface area contributed by atoms with Crippen LogP contribution in [0.1, 0.15) is 38.9 Å². The molecular formula is C15H26N4O3. The van der Waals surface area contributed by atoms with Gasteiger partial charge >= 0.3 is 0 Å². The lowest BCUT2D eigenvalue weighted by Crippen LogP contribution is -2.49. The molecule has 1 N–H and O–H groups in total. The topological polar surface area (TPSA) is 82.7 Å². The van der Waals surface area contributed by atoms with Gasteiger partial charge in [-0.3, -0.25) is 9.69 Å². The molecule has 1 unspecified atom stereocenters. The maximum atomic E-state index is 12.1. The van der Waals surface area contributed by atoms with E-state index in [9.17, 15) is 9.90 Å². The van der Waals surface area contributed by atoms with E-state index in [0.717, 1.165) is 19.5 Å². The van der Waals surface area contributed by atoms with Gasteiger partial charge < -0.3 is 14.5 Å². The summed E-state index contributed by atoms with van der Waals surface area (Å²) in [5, 5.41) is 13.8. The maximum absolute atomic E-state index is 12.1. The van der Waals surface area contributed by atoms with Crippen LogP contribution in [-0.2, 0) is 17.8 Å². The van der Waals surface area contributed by atoms with Crippen LogP contribution in [0.15, 0.2) is 4.52 Å². The zero-order valence-corrected chi connectivity index (χ0v) is 13.7. The standard InChI is InChI=1S/C15H26N4O3/c1-4-14-16-13(17-22-14)10-18-5-7-19(8-6-18)15(21)9-12(20)11(2)3/h11-12,20H,4-10H2,1-3H3. The van der Waals surface area contributed by atoms with Gasteiger partial charge in [-0.05, 0) is 5.92 Å². The van der Waals surface area contributed by atoms with Gasteiger partial charge in [0, 0.05) is 32.6 Å². The molecule has 1 aliphatic heterocycles. The molecule has 1 amide bonds. The summed E-state index contributed by atoms with van der Waals surface area (Å²) in [6, 6.07) is 0. The molecule has 22 heavy (non-hydrogen) atoms. The second kappa shape index (κ2) is 7.69. The van der Waals surface area contributed by atoms with Crippen LogP contribution in [0.25, 0.3) is 0 Å². The molecule has 0 aliphatic carbocycles. The second-order valence-corrected chi connectivity index (χ2v) is 6.13. The average Bonchev–Trinajstić information content (AvgIpc) is 2.95. The molecule has 0 spiro atoms. The molecular weight excluding hydrogens is 284 g/mol. The number of nitrogens with zero attached hydrogens (tertiary/aromatic N) is 4. The fraction of sp³-hybridized carbons (Fsp3) is 0.800. The van der Waals surface area contributed by atoms with Crippen molar-refractivity contribution >= 4 is 5.91 Å². The third kappa shape index (κ3) is 4.51. The first-order valence-corrected chi connectivity index (χ1v) is 7.99. The van der Waals surface area contributed by atoms with E-state index in [1.165, 1.54) is 0 Å². The van der Waals surface area contributed by atoms with Gasteiger partial charge in [0.2, 0.25) is 11.8 Å². The SMILES string of the molecule is CCc1nc(CN2CCN(C(=O)CC(O)C(C)C)CC2)no1. The van der Waals surface area contributed by atoms with Crippen molar-refractivity contribution in [1.82, 2.24) is 19.9 Å². The van der Waals surface area contributed by atoms with Gasteiger partial charge in [0.05, 0.1) is 19.1 Å². The number of hydrogen-bond acceptors (Lipinski definition) is 6. The summed E-state index contributed by atoms with van der Waals surface area (Å²) in [5.74, 6) is 1.50. The molecule has 0 radical (unpaired) electrons. The predicted octanol–water partition coefficient (Wildman–Crippen LogP) is 0.683. The van der Waals surface area contributed by atoms with E-state index < -0.39 is 6.10 Å². The number of piperazine rings is 1. The molecule has 1 aliphatic rings. The third-order valence-corrected chi connectivity index (χ3v) is 4.06. The summed E-state index contributed by atoms with van der Waals surface area (Å²) in [4.78, 5) is 20.5. The molecule has 124 valence electrons. The third-order valence-electron chi connectivity index (χ3n) is 4.06. The van der Waals surface area contributed by atoms with Crippen molar-refractivity contribution in [1.29, 1.82) is 0 Å². The van der Waals surface area contributed by atoms with Crippen LogP contribution in [0, 0.1) is 5.92 Å². The maximum Gasteiger partial charge on any atom is 0.226 e. The van der Waals surface area contributed by atoms with E-state index in [2.05, 4.69) is 15.0 Å². The number of aliphatic hydroxyl groups excluding tert-OH is 1. The van der Waals surface area contributed by atoms with E-state index in [1.807, 2.05) is 25.7 Å². The van der Waals surface area contributed by atoms with Crippen LogP contribution in [0.3, 0.4) is 0 Å². The van der Waals surface area contributed by atoms with Gasteiger partial charge in [-0.25, -0.2) is 0 Å². The molecule has 1 aromatic rings. The van der Waals surface area contributed by atoms with Crippen molar-refractivity contribution in [2.45, 2.75) is 46.3 Å². The number of aromatic nitrogens is 2. The van der Waals surface area contributed by atoms with Crippen LogP contribution < -0.4 is 0 Å². The minimum atomic E-state index is -0.558. The summed E-state index contributed by atoms with van der Waals surface area (Å²) >= 11 is 0. The molecule has 7 nitrogen and oxygen atoms in total. The number of aryl methyl sites for hydroxylation is 1. The Labute approximate surface area is 131 Å². The average molecular weight is 310 g/mol. The summed E-state index contributed by atoms with van der Waals surface area (Å²) in [6.07, 6.45) is 0.396. The summed E-state index contributed by atoms with van der Waals surface area (Å²) in [6.45, 7) is 9.42. The zero-order valence-electron chi connectivity index (χ0n) is 13.7. The van der Waals surface area contributed by atoms with Crippen LogP contribution in [0.5, 0.6) is 0 Å². The van der Waals surface area contributed by atoms with Crippen molar-refractivity contribution in [2.75, 3.05) is 26.2 Å². The van der Waals surface area contributed by atoms with Crippen molar-refractivity contribution in [3.8, 4) is 0 Å². The Morgan fingerprint density at radius 3 is 2.55 bits per heavy atom. The lowest BCUT2D eigenvalue weighted by Gasteiger charge is -2.34. The zero-order chi connectivity index (χ0) is 16.1. The largest absolute Gasteiger partial charge is 0.392 e. The first kappa shape index (κ1) is 16.9. The second-order valence-electron chi connectivity index (χ2n) is 6.13. The summed E-state index contributed by atoms with van der Waals surface area (Å²) < 4.78 is 5.10. The minimum absolute atomic E-state index is 0.0358. The minimum Gasteiger partial charge on any atom is -0.392 e. The Kier molecular flexibility index (Phi) is 5.90. The number of rotatable bonds is 6. The fourth-order valence-electron chi connectivity index (χ4n) is 2.40. The molecule has 1 fully saturated rings. The number of carbonyl (C=O) groups excluding carboxylic acids is 1. The Morgan fingerprint density at radius 1 is 1.32 bits per heavy atom. The predicted molar refractivity (Wildman–Crippen MR) is 81.0 cm³/mol. The normalized spacial score (nSPS) is 18.0. The van der Waals surface area contributed by atoms with E-state index in [1.54, 1.807) is 0 Å². The number of hydrogen-bond donors (Lipinski definition) is 1. The molecule has 1 saturated heterocycles. The number of carbonyl (C=O) groups is 1. The Balaban J connectivity index is 1.76. The van der Waals surface area contributed by atoms with Crippen LogP contribution in [0.4, 0.5) is 0 Å². The highest BCUT2D eigenvalue weighted by molar-refractivity contribution is 5.76. The Bertz CT molecular complexity index is 481. The van der Waals surface area contributed by atoms with E-state index >= 15 is 0 Å².